The number of halogens is 3. The predicted molar refractivity (Wildman–Crippen MR) is 116 cm³/mol. The monoisotopic (exact) mass is 460 g/mol. The molecule has 1 aliphatic rings. The highest BCUT2D eigenvalue weighted by atomic mass is 35.5. The van der Waals surface area contributed by atoms with Crippen LogP contribution in [0.25, 0.3) is 0 Å². The van der Waals surface area contributed by atoms with Crippen LogP contribution in [0, 0.1) is 11.8 Å². The molecule has 0 spiro atoms. The van der Waals surface area contributed by atoms with E-state index >= 15 is 0 Å². The minimum absolute atomic E-state index is 0.178. The number of nitrogens with one attached hydrogen (secondary N) is 3. The maximum Gasteiger partial charge on any atom is 0.407 e. The Kier molecular flexibility index (Phi) is 9.28. The van der Waals surface area contributed by atoms with Gasteiger partial charge in [0.25, 0.3) is 12.3 Å². The smallest absolute Gasteiger partial charge is 0.407 e. The van der Waals surface area contributed by atoms with Gasteiger partial charge in [0, 0.05) is 18.3 Å². The molecule has 0 bridgehead atoms. The third-order valence-corrected chi connectivity index (χ3v) is 5.21. The summed E-state index contributed by atoms with van der Waals surface area (Å²) in [6.45, 7) is 5.99. The zero-order valence-corrected chi connectivity index (χ0v) is 18.9. The zero-order valence-electron chi connectivity index (χ0n) is 18.1. The van der Waals surface area contributed by atoms with Crippen molar-refractivity contribution in [3.8, 4) is 0 Å². The van der Waals surface area contributed by atoms with Crippen LogP contribution in [0.2, 0.25) is 5.15 Å². The van der Waals surface area contributed by atoms with Gasteiger partial charge >= 0.3 is 6.09 Å². The fourth-order valence-electron chi connectivity index (χ4n) is 3.41. The van der Waals surface area contributed by atoms with Crippen LogP contribution in [0.15, 0.2) is 12.3 Å². The van der Waals surface area contributed by atoms with Crippen LogP contribution in [-0.2, 0) is 4.74 Å². The van der Waals surface area contributed by atoms with Crippen LogP contribution >= 0.6 is 11.6 Å². The number of hydrogen-bond donors (Lipinski definition) is 3. The minimum atomic E-state index is -2.63. The Hall–Kier alpha value is -2.16. The van der Waals surface area contributed by atoms with Crippen molar-refractivity contribution in [1.82, 2.24) is 15.6 Å². The van der Waals surface area contributed by atoms with Crippen LogP contribution in [0.3, 0.4) is 0 Å². The summed E-state index contributed by atoms with van der Waals surface area (Å²) in [5.41, 5.74) is 0.318. The number of ether oxygens (including phenoxy) is 1. The molecule has 0 radical (unpaired) electrons. The summed E-state index contributed by atoms with van der Waals surface area (Å²) >= 11 is 5.94. The van der Waals surface area contributed by atoms with Gasteiger partial charge in [-0.15, -0.1) is 0 Å². The van der Waals surface area contributed by atoms with Crippen LogP contribution in [0.4, 0.5) is 19.3 Å². The van der Waals surface area contributed by atoms with E-state index in [1.807, 2.05) is 20.8 Å². The molecule has 0 saturated heterocycles. The number of nitrogens with zero attached hydrogens (tertiary/aromatic N) is 1. The molecule has 1 aliphatic carbocycles. The third-order valence-electron chi connectivity index (χ3n) is 5.01. The van der Waals surface area contributed by atoms with E-state index in [4.69, 9.17) is 16.3 Å². The molecule has 1 aromatic heterocycles. The van der Waals surface area contributed by atoms with Gasteiger partial charge in [-0.25, -0.2) is 18.6 Å². The molecule has 7 nitrogen and oxygen atoms in total. The molecular weight excluding hydrogens is 430 g/mol. The minimum Gasteiger partial charge on any atom is -0.449 e. The van der Waals surface area contributed by atoms with Gasteiger partial charge in [-0.2, -0.15) is 0 Å². The van der Waals surface area contributed by atoms with Crippen molar-refractivity contribution in [2.24, 2.45) is 11.8 Å². The molecule has 2 rings (SSSR count). The number of anilines is 1. The highest BCUT2D eigenvalue weighted by Gasteiger charge is 2.24. The van der Waals surface area contributed by atoms with Crippen molar-refractivity contribution in [3.63, 3.8) is 0 Å². The van der Waals surface area contributed by atoms with Crippen molar-refractivity contribution >= 4 is 29.3 Å². The molecule has 2 amide bonds. The number of alkyl carbamates (subject to hydrolysis) is 1. The molecule has 1 heterocycles. The molecule has 1 aromatic rings. The summed E-state index contributed by atoms with van der Waals surface area (Å²) in [6.07, 6.45) is 2.04. The van der Waals surface area contributed by atoms with Crippen molar-refractivity contribution in [3.05, 3.63) is 23.0 Å². The number of aromatic nitrogens is 1. The Labute approximate surface area is 186 Å². The first-order valence-corrected chi connectivity index (χ1v) is 10.8. The van der Waals surface area contributed by atoms with Gasteiger partial charge in [-0.05, 0) is 64.4 Å². The zero-order chi connectivity index (χ0) is 23.0. The topological polar surface area (TPSA) is 92.3 Å². The van der Waals surface area contributed by atoms with Gasteiger partial charge in [0.1, 0.15) is 5.15 Å². The van der Waals surface area contributed by atoms with E-state index in [0.717, 1.165) is 25.7 Å². The molecule has 10 heteroatoms. The highest BCUT2D eigenvalue weighted by molar-refractivity contribution is 6.29. The van der Waals surface area contributed by atoms with E-state index in [1.165, 1.54) is 12.3 Å². The summed E-state index contributed by atoms with van der Waals surface area (Å²) in [4.78, 5) is 27.8. The average Bonchev–Trinajstić information content (AvgIpc) is 2.68. The molecule has 0 aliphatic heterocycles. The Balaban J connectivity index is 1.80. The molecule has 0 unspecified atom stereocenters. The number of alkyl halides is 2. The van der Waals surface area contributed by atoms with E-state index < -0.39 is 25.0 Å². The molecule has 1 saturated carbocycles. The number of hydrogen-bond acceptors (Lipinski definition) is 5. The van der Waals surface area contributed by atoms with Crippen molar-refractivity contribution in [2.45, 2.75) is 58.4 Å². The Morgan fingerprint density at radius 3 is 2.48 bits per heavy atom. The van der Waals surface area contributed by atoms with Crippen molar-refractivity contribution < 1.29 is 23.1 Å². The second-order valence-corrected chi connectivity index (χ2v) is 9.28. The molecular formula is C21H31ClF2N4O3. The maximum atomic E-state index is 12.4. The van der Waals surface area contributed by atoms with Gasteiger partial charge in [0.2, 0.25) is 0 Å². The fraction of sp³-hybridized carbons (Fsp3) is 0.667. The number of amides is 2. The summed E-state index contributed by atoms with van der Waals surface area (Å²) < 4.78 is 30.1. The number of rotatable bonds is 8. The van der Waals surface area contributed by atoms with Gasteiger partial charge < -0.3 is 20.7 Å². The second kappa shape index (κ2) is 11.5. The first kappa shape index (κ1) is 25.1. The van der Waals surface area contributed by atoms with E-state index in [0.29, 0.717) is 30.7 Å². The van der Waals surface area contributed by atoms with Gasteiger partial charge in [-0.1, -0.05) is 11.6 Å². The molecule has 0 atom stereocenters. The van der Waals surface area contributed by atoms with Crippen LogP contribution in [0.5, 0.6) is 0 Å². The molecule has 1 fully saturated rings. The SMILES string of the molecule is CC(C)(C)NC(=O)OCC1CCC(CNc2cc(Cl)ncc2C(=O)NCC(F)F)CC1. The molecule has 31 heavy (non-hydrogen) atoms. The summed E-state index contributed by atoms with van der Waals surface area (Å²) in [6, 6.07) is 1.52. The van der Waals surface area contributed by atoms with Crippen LogP contribution in [0.1, 0.15) is 56.8 Å². The van der Waals surface area contributed by atoms with E-state index in [9.17, 15) is 18.4 Å². The Bertz CT molecular complexity index is 751. The standard InChI is InChI=1S/C21H31ClF2N4O3/c1-21(2,3)28-20(30)31-12-14-6-4-13(5-7-14)9-25-16-8-17(22)26-10-15(16)19(29)27-11-18(23)24/h8,10,13-14,18H,4-7,9,11-12H2,1-3H3,(H,25,26)(H,27,29)(H,28,30). The molecule has 3 N–H and O–H groups in total. The summed E-state index contributed by atoms with van der Waals surface area (Å²) in [5, 5.41) is 8.38. The lowest BCUT2D eigenvalue weighted by Crippen LogP contribution is -2.41. The first-order chi connectivity index (χ1) is 14.5. The number of pyridine rings is 1. The first-order valence-electron chi connectivity index (χ1n) is 10.4. The second-order valence-electron chi connectivity index (χ2n) is 8.89. The lowest BCUT2D eigenvalue weighted by Gasteiger charge is -2.29. The Morgan fingerprint density at radius 1 is 1.23 bits per heavy atom. The number of carbonyl (C=O) groups is 2. The average molecular weight is 461 g/mol. The Morgan fingerprint density at radius 2 is 1.87 bits per heavy atom. The van der Waals surface area contributed by atoms with Crippen molar-refractivity contribution in [1.29, 1.82) is 0 Å². The number of carbonyl (C=O) groups excluding carboxylic acids is 2. The van der Waals surface area contributed by atoms with E-state index in [1.54, 1.807) is 0 Å². The van der Waals surface area contributed by atoms with Gasteiger partial charge in [0.05, 0.1) is 24.4 Å². The van der Waals surface area contributed by atoms with Gasteiger partial charge in [-0.3, -0.25) is 4.79 Å². The normalized spacial score (nSPS) is 19.1. The molecule has 174 valence electrons. The fourth-order valence-corrected chi connectivity index (χ4v) is 3.57. The lowest BCUT2D eigenvalue weighted by molar-refractivity contribution is 0.0891. The van der Waals surface area contributed by atoms with Gasteiger partial charge in [0.15, 0.2) is 0 Å². The maximum absolute atomic E-state index is 12.4. The quantitative estimate of drug-likeness (QED) is 0.498. The highest BCUT2D eigenvalue weighted by Crippen LogP contribution is 2.30. The van der Waals surface area contributed by atoms with Crippen LogP contribution < -0.4 is 16.0 Å². The summed E-state index contributed by atoms with van der Waals surface area (Å²) in [7, 11) is 0. The van der Waals surface area contributed by atoms with E-state index in [-0.39, 0.29) is 16.3 Å². The largest absolute Gasteiger partial charge is 0.449 e. The van der Waals surface area contributed by atoms with Crippen LogP contribution in [-0.4, -0.2) is 48.6 Å². The molecule has 0 aromatic carbocycles. The third kappa shape index (κ3) is 9.25. The summed E-state index contributed by atoms with van der Waals surface area (Å²) in [5.74, 6) is 0.0814. The lowest BCUT2D eigenvalue weighted by atomic mass is 9.82. The van der Waals surface area contributed by atoms with Crippen molar-refractivity contribution in [2.75, 3.05) is 25.0 Å². The predicted octanol–water partition coefficient (Wildman–Crippen LogP) is 4.47. The van der Waals surface area contributed by atoms with E-state index in [2.05, 4.69) is 20.9 Å².